The maximum absolute atomic E-state index is 12.6. The maximum Gasteiger partial charge on any atom is 0.323 e. The lowest BCUT2D eigenvalue weighted by Gasteiger charge is -2.27. The van der Waals surface area contributed by atoms with Crippen molar-refractivity contribution in [3.8, 4) is 0 Å². The first kappa shape index (κ1) is 18.9. The Kier molecular flexibility index (Phi) is 6.52. The molecular formula is C18H25N3O4. The van der Waals surface area contributed by atoms with E-state index in [1.165, 1.54) is 4.90 Å². The van der Waals surface area contributed by atoms with Crippen LogP contribution in [0.2, 0.25) is 0 Å². The predicted molar refractivity (Wildman–Crippen MR) is 94.7 cm³/mol. The average Bonchev–Trinajstić information content (AvgIpc) is 2.58. The van der Waals surface area contributed by atoms with Crippen molar-refractivity contribution in [1.82, 2.24) is 9.80 Å². The molecule has 0 bridgehead atoms. The van der Waals surface area contributed by atoms with Crippen LogP contribution in [0, 0.1) is 0 Å². The molecule has 7 heteroatoms. The molecule has 136 valence electrons. The minimum atomic E-state index is -1.04. The van der Waals surface area contributed by atoms with Crippen LogP contribution < -0.4 is 4.90 Å². The normalized spacial score (nSPS) is 14.7. The third-order valence-electron chi connectivity index (χ3n) is 4.18. The lowest BCUT2D eigenvalue weighted by molar-refractivity contribution is -0.137. The molecule has 1 heterocycles. The second-order valence-corrected chi connectivity index (χ2v) is 6.47. The first-order valence-corrected chi connectivity index (χ1v) is 8.44. The lowest BCUT2D eigenvalue weighted by Crippen LogP contribution is -2.40. The van der Waals surface area contributed by atoms with Gasteiger partial charge in [-0.3, -0.25) is 14.4 Å². The summed E-state index contributed by atoms with van der Waals surface area (Å²) < 4.78 is 0. The van der Waals surface area contributed by atoms with E-state index in [1.54, 1.807) is 29.2 Å². The zero-order valence-electron chi connectivity index (χ0n) is 14.8. The summed E-state index contributed by atoms with van der Waals surface area (Å²) in [4.78, 5) is 40.6. The van der Waals surface area contributed by atoms with E-state index in [0.717, 1.165) is 18.5 Å². The van der Waals surface area contributed by atoms with Crippen LogP contribution in [0.4, 0.5) is 5.69 Å². The summed E-state index contributed by atoms with van der Waals surface area (Å²) in [5.41, 5.74) is 1.20. The van der Waals surface area contributed by atoms with E-state index in [-0.39, 0.29) is 18.4 Å². The maximum atomic E-state index is 12.6. The summed E-state index contributed by atoms with van der Waals surface area (Å²) in [6, 6.07) is 6.82. The van der Waals surface area contributed by atoms with E-state index >= 15 is 0 Å². The van der Waals surface area contributed by atoms with Gasteiger partial charge in [-0.25, -0.2) is 0 Å². The third kappa shape index (κ3) is 5.29. The molecule has 0 unspecified atom stereocenters. The number of piperidine rings is 1. The number of carboxylic acid groups (broad SMARTS) is 1. The van der Waals surface area contributed by atoms with Crippen LogP contribution in [0.1, 0.15) is 29.6 Å². The Morgan fingerprint density at radius 1 is 1.12 bits per heavy atom. The fourth-order valence-corrected chi connectivity index (χ4v) is 2.78. The van der Waals surface area contributed by atoms with Gasteiger partial charge in [0.2, 0.25) is 5.91 Å². The van der Waals surface area contributed by atoms with Crippen LogP contribution in [0.5, 0.6) is 0 Å². The van der Waals surface area contributed by atoms with E-state index < -0.39 is 5.97 Å². The summed E-state index contributed by atoms with van der Waals surface area (Å²) in [6.45, 7) is 1.28. The monoisotopic (exact) mass is 347 g/mol. The van der Waals surface area contributed by atoms with E-state index in [2.05, 4.69) is 0 Å². The first-order valence-electron chi connectivity index (χ1n) is 8.44. The van der Waals surface area contributed by atoms with Crippen molar-refractivity contribution < 1.29 is 19.5 Å². The van der Waals surface area contributed by atoms with E-state index in [1.807, 2.05) is 19.0 Å². The van der Waals surface area contributed by atoms with Gasteiger partial charge in [-0.2, -0.15) is 0 Å². The molecule has 0 spiro atoms. The molecule has 25 heavy (non-hydrogen) atoms. The van der Waals surface area contributed by atoms with Crippen molar-refractivity contribution in [3.63, 3.8) is 0 Å². The first-order chi connectivity index (χ1) is 11.9. The Bertz CT molecular complexity index is 628. The zero-order valence-corrected chi connectivity index (χ0v) is 14.8. The molecule has 1 aliphatic heterocycles. The highest BCUT2D eigenvalue weighted by Crippen LogP contribution is 2.21. The number of amides is 2. The Morgan fingerprint density at radius 3 is 2.36 bits per heavy atom. The van der Waals surface area contributed by atoms with Gasteiger partial charge in [0, 0.05) is 37.3 Å². The fraction of sp³-hybridized carbons (Fsp3) is 0.500. The largest absolute Gasteiger partial charge is 0.480 e. The zero-order chi connectivity index (χ0) is 18.4. The molecule has 0 radical (unpaired) electrons. The van der Waals surface area contributed by atoms with Crippen LogP contribution >= 0.6 is 0 Å². The second kappa shape index (κ2) is 8.62. The summed E-state index contributed by atoms with van der Waals surface area (Å²) in [6.07, 6.45) is 2.45. The van der Waals surface area contributed by atoms with E-state index in [4.69, 9.17) is 5.11 Å². The second-order valence-electron chi connectivity index (χ2n) is 6.47. The third-order valence-corrected chi connectivity index (χ3v) is 4.18. The summed E-state index contributed by atoms with van der Waals surface area (Å²) in [5, 5.41) is 9.04. The number of benzene rings is 1. The number of carbonyl (C=O) groups is 3. The van der Waals surface area contributed by atoms with Gasteiger partial charge in [0.25, 0.3) is 5.91 Å². The van der Waals surface area contributed by atoms with Gasteiger partial charge in [-0.15, -0.1) is 0 Å². The van der Waals surface area contributed by atoms with Gasteiger partial charge in [0.15, 0.2) is 0 Å². The molecule has 2 amide bonds. The van der Waals surface area contributed by atoms with Gasteiger partial charge < -0.3 is 19.8 Å². The molecule has 1 aromatic rings. The number of likely N-dealkylation sites (N-methyl/N-ethyl adjacent to an activating group) is 1. The van der Waals surface area contributed by atoms with Crippen LogP contribution in [0.25, 0.3) is 0 Å². The fourth-order valence-electron chi connectivity index (χ4n) is 2.78. The Hall–Kier alpha value is -2.41. The SMILES string of the molecule is CN(C)CCN(CC(=O)O)C(=O)c1ccc(N2CCCCC2=O)cc1. The van der Waals surface area contributed by atoms with Crippen LogP contribution in [0.3, 0.4) is 0 Å². The van der Waals surface area contributed by atoms with Crippen molar-refractivity contribution in [2.24, 2.45) is 0 Å². The van der Waals surface area contributed by atoms with Crippen molar-refractivity contribution in [1.29, 1.82) is 0 Å². The molecule has 1 N–H and O–H groups in total. The quantitative estimate of drug-likeness (QED) is 0.804. The molecule has 1 aromatic carbocycles. The Morgan fingerprint density at radius 2 is 1.80 bits per heavy atom. The molecular weight excluding hydrogens is 322 g/mol. The summed E-state index contributed by atoms with van der Waals surface area (Å²) in [5.74, 6) is -1.26. The van der Waals surface area contributed by atoms with Gasteiger partial charge >= 0.3 is 5.97 Å². The average molecular weight is 347 g/mol. The highest BCUT2D eigenvalue weighted by molar-refractivity contribution is 5.97. The number of aliphatic carboxylic acids is 1. The number of hydrogen-bond donors (Lipinski definition) is 1. The molecule has 0 atom stereocenters. The molecule has 7 nitrogen and oxygen atoms in total. The predicted octanol–water partition coefficient (Wildman–Crippen LogP) is 1.29. The van der Waals surface area contributed by atoms with Gasteiger partial charge in [0.05, 0.1) is 0 Å². The summed E-state index contributed by atoms with van der Waals surface area (Å²) in [7, 11) is 3.74. The number of nitrogens with zero attached hydrogens (tertiary/aromatic N) is 3. The molecule has 0 aromatic heterocycles. The Labute approximate surface area is 147 Å². The van der Waals surface area contributed by atoms with Crippen molar-refractivity contribution >= 4 is 23.5 Å². The highest BCUT2D eigenvalue weighted by Gasteiger charge is 2.21. The number of rotatable bonds is 7. The number of carbonyl (C=O) groups excluding carboxylic acids is 2. The van der Waals surface area contributed by atoms with Crippen LogP contribution in [0.15, 0.2) is 24.3 Å². The topological polar surface area (TPSA) is 81.2 Å². The van der Waals surface area contributed by atoms with Gasteiger partial charge in [-0.1, -0.05) is 0 Å². The van der Waals surface area contributed by atoms with Gasteiger partial charge in [-0.05, 0) is 51.2 Å². The highest BCUT2D eigenvalue weighted by atomic mass is 16.4. The number of carboxylic acids is 1. The van der Waals surface area contributed by atoms with Gasteiger partial charge in [0.1, 0.15) is 6.54 Å². The molecule has 0 saturated carbocycles. The van der Waals surface area contributed by atoms with Crippen molar-refractivity contribution in [3.05, 3.63) is 29.8 Å². The molecule has 1 aliphatic rings. The Balaban J connectivity index is 2.10. The number of anilines is 1. The summed E-state index contributed by atoms with van der Waals surface area (Å²) >= 11 is 0. The molecule has 2 rings (SSSR count). The standard InChI is InChI=1S/C18H25N3O4/c1-19(2)11-12-20(13-17(23)24)18(25)14-6-8-15(9-7-14)21-10-4-3-5-16(21)22/h6-9H,3-5,10-13H2,1-2H3,(H,23,24). The molecule has 0 aliphatic carbocycles. The smallest absolute Gasteiger partial charge is 0.323 e. The van der Waals surface area contributed by atoms with Crippen LogP contribution in [-0.4, -0.2) is 73.0 Å². The van der Waals surface area contributed by atoms with Crippen molar-refractivity contribution in [2.75, 3.05) is 45.2 Å². The van der Waals surface area contributed by atoms with Crippen molar-refractivity contribution in [2.45, 2.75) is 19.3 Å². The van der Waals surface area contributed by atoms with E-state index in [0.29, 0.717) is 31.6 Å². The lowest BCUT2D eigenvalue weighted by atomic mass is 10.1. The van der Waals surface area contributed by atoms with Crippen LogP contribution in [-0.2, 0) is 9.59 Å². The molecule has 1 saturated heterocycles. The molecule has 1 fully saturated rings. The van der Waals surface area contributed by atoms with E-state index in [9.17, 15) is 14.4 Å². The minimum absolute atomic E-state index is 0.101. The number of hydrogen-bond acceptors (Lipinski definition) is 4. The minimum Gasteiger partial charge on any atom is -0.480 e.